The van der Waals surface area contributed by atoms with E-state index in [1.807, 2.05) is 0 Å². The van der Waals surface area contributed by atoms with Crippen molar-refractivity contribution in [2.75, 3.05) is 0 Å². The molecule has 88 valence electrons. The van der Waals surface area contributed by atoms with Gasteiger partial charge in [0.15, 0.2) is 0 Å². The van der Waals surface area contributed by atoms with Crippen LogP contribution in [-0.4, -0.2) is 35.6 Å². The van der Waals surface area contributed by atoms with Crippen LogP contribution < -0.4 is 5.11 Å². The molecule has 1 aromatic rings. The van der Waals surface area contributed by atoms with Crippen LogP contribution in [-0.2, 0) is 9.59 Å². The molecule has 0 aliphatic rings. The van der Waals surface area contributed by atoms with Gasteiger partial charge in [-0.1, -0.05) is 23.9 Å². The van der Waals surface area contributed by atoms with E-state index in [0.717, 1.165) is 0 Å². The van der Waals surface area contributed by atoms with E-state index in [-0.39, 0.29) is 14.9 Å². The van der Waals surface area contributed by atoms with Crippen molar-refractivity contribution < 1.29 is 24.6 Å². The molecule has 0 aliphatic carbocycles. The SMILES string of the molecule is C[C](=O)[Al+][C](C)=O.O=C(O)c1ccccc1[O-]. The van der Waals surface area contributed by atoms with Gasteiger partial charge < -0.3 is 10.2 Å². The molecular formula is C11H11AlO5. The maximum Gasteiger partial charge on any atom is 0.335 e. The van der Waals surface area contributed by atoms with Crippen molar-refractivity contribution in [3.8, 4) is 5.75 Å². The number of benzene rings is 1. The summed E-state index contributed by atoms with van der Waals surface area (Å²) in [6.07, 6.45) is 0. The Kier molecular flexibility index (Phi) is 6.87. The normalized spacial score (nSPS) is 8.35. The minimum atomic E-state index is -1.18. The number of aromatic carboxylic acids is 1. The molecule has 0 saturated carbocycles. The molecule has 5 nitrogen and oxygen atoms in total. The molecule has 0 bridgehead atoms. The summed E-state index contributed by atoms with van der Waals surface area (Å²) in [4.78, 5) is 30.4. The third-order valence-corrected chi connectivity index (χ3v) is 2.34. The largest absolute Gasteiger partial charge is 0.872 e. The Balaban J connectivity index is 0.000000325. The van der Waals surface area contributed by atoms with E-state index in [1.54, 1.807) is 0 Å². The van der Waals surface area contributed by atoms with Crippen LogP contribution in [0.2, 0.25) is 0 Å². The maximum atomic E-state index is 10.7. The van der Waals surface area contributed by atoms with Crippen molar-refractivity contribution in [2.24, 2.45) is 0 Å². The Morgan fingerprint density at radius 3 is 1.82 bits per heavy atom. The zero-order valence-corrected chi connectivity index (χ0v) is 10.6. The van der Waals surface area contributed by atoms with Crippen LogP contribution in [0.5, 0.6) is 5.75 Å². The van der Waals surface area contributed by atoms with E-state index in [1.165, 1.54) is 38.1 Å². The van der Waals surface area contributed by atoms with Gasteiger partial charge in [0.1, 0.15) is 0 Å². The Bertz CT molecular complexity index is 416. The van der Waals surface area contributed by atoms with E-state index in [4.69, 9.17) is 5.11 Å². The summed E-state index contributed by atoms with van der Waals surface area (Å²) in [5, 5.41) is 19.0. The summed E-state index contributed by atoms with van der Waals surface area (Å²) in [6.45, 7) is 2.88. The summed E-state index contributed by atoms with van der Waals surface area (Å²) in [7, 11) is 0. The van der Waals surface area contributed by atoms with Gasteiger partial charge in [-0.25, -0.2) is 4.79 Å². The smallest absolute Gasteiger partial charge is 0.335 e. The number of carbonyl (C=O) groups excluding carboxylic acids is 2. The first-order valence-corrected chi connectivity index (χ1v) is 5.85. The van der Waals surface area contributed by atoms with E-state index < -0.39 is 26.9 Å². The molecule has 0 amide bonds. The van der Waals surface area contributed by atoms with Crippen molar-refractivity contribution in [3.05, 3.63) is 29.8 Å². The van der Waals surface area contributed by atoms with Gasteiger partial charge in [0.25, 0.3) is 0 Å². The van der Waals surface area contributed by atoms with Crippen LogP contribution in [0.4, 0.5) is 0 Å². The second-order valence-corrected chi connectivity index (χ2v) is 5.08. The van der Waals surface area contributed by atoms with Crippen LogP contribution >= 0.6 is 0 Å². The topological polar surface area (TPSA) is 94.5 Å². The van der Waals surface area contributed by atoms with Crippen LogP contribution in [0.3, 0.4) is 0 Å². The van der Waals surface area contributed by atoms with Crippen molar-refractivity contribution in [2.45, 2.75) is 13.8 Å². The van der Waals surface area contributed by atoms with Gasteiger partial charge in [-0.05, 0) is 6.07 Å². The minimum absolute atomic E-state index is 0.0208. The molecule has 0 spiro atoms. The Hall–Kier alpha value is -1.64. The summed E-state index contributed by atoms with van der Waals surface area (Å²) >= 11 is -0.565. The number of carboxylic acids is 1. The van der Waals surface area contributed by atoms with E-state index in [9.17, 15) is 19.5 Å². The van der Waals surface area contributed by atoms with Crippen molar-refractivity contribution in [1.29, 1.82) is 0 Å². The summed E-state index contributed by atoms with van der Waals surface area (Å²) in [5.41, 5.74) is -0.178. The number of rotatable bonds is 3. The third-order valence-electron chi connectivity index (χ3n) is 1.52. The van der Waals surface area contributed by atoms with Gasteiger partial charge in [0, 0.05) is 0 Å². The van der Waals surface area contributed by atoms with Crippen molar-refractivity contribution >= 4 is 30.5 Å². The Morgan fingerprint density at radius 1 is 1.12 bits per heavy atom. The van der Waals surface area contributed by atoms with Gasteiger partial charge in [-0.15, -0.1) is 0 Å². The van der Waals surface area contributed by atoms with Crippen molar-refractivity contribution in [1.82, 2.24) is 0 Å². The molecule has 0 heterocycles. The second-order valence-electron chi connectivity index (χ2n) is 3.17. The molecule has 0 saturated heterocycles. The second kappa shape index (κ2) is 7.61. The number of hydrogen-bond donors (Lipinski definition) is 1. The molecule has 1 aromatic carbocycles. The summed E-state index contributed by atoms with van der Waals surface area (Å²) < 4.78 is 0.0417. The average molecular weight is 250 g/mol. The van der Waals surface area contributed by atoms with Gasteiger partial charge in [-0.2, -0.15) is 0 Å². The molecule has 17 heavy (non-hydrogen) atoms. The molecule has 6 heteroatoms. The molecule has 0 atom stereocenters. The van der Waals surface area contributed by atoms with Gasteiger partial charge in [0.05, 0.1) is 5.56 Å². The van der Waals surface area contributed by atoms with Crippen LogP contribution in [0, 0.1) is 0 Å². The van der Waals surface area contributed by atoms with E-state index in [0.29, 0.717) is 0 Å². The van der Waals surface area contributed by atoms with Gasteiger partial charge >= 0.3 is 53.9 Å². The maximum absolute atomic E-state index is 10.7. The predicted molar refractivity (Wildman–Crippen MR) is 60.0 cm³/mol. The van der Waals surface area contributed by atoms with Crippen LogP contribution in [0.15, 0.2) is 24.3 Å². The van der Waals surface area contributed by atoms with Gasteiger partial charge in [0.2, 0.25) is 0 Å². The molecular weight excluding hydrogens is 239 g/mol. The molecule has 0 aromatic heterocycles. The first-order valence-electron chi connectivity index (χ1n) is 4.69. The fraction of sp³-hybridized carbons (Fsp3) is 0.182. The Labute approximate surface area is 105 Å². The summed E-state index contributed by atoms with van der Waals surface area (Å²) in [5.74, 6) is -1.62. The fourth-order valence-electron chi connectivity index (χ4n) is 0.930. The zero-order valence-electron chi connectivity index (χ0n) is 9.47. The molecule has 0 aliphatic heterocycles. The average Bonchev–Trinajstić information content (AvgIpc) is 2.16. The first-order chi connectivity index (χ1) is 7.84. The zero-order chi connectivity index (χ0) is 13.4. The molecule has 0 unspecified atom stereocenters. The molecule has 0 fully saturated rings. The van der Waals surface area contributed by atoms with Crippen LogP contribution in [0.25, 0.3) is 0 Å². The number of para-hydroxylation sites is 1. The minimum Gasteiger partial charge on any atom is -0.872 e. The molecule has 1 rings (SSSR count). The van der Waals surface area contributed by atoms with Gasteiger partial charge in [-0.3, -0.25) is 0 Å². The quantitative estimate of drug-likeness (QED) is 0.775. The monoisotopic (exact) mass is 250 g/mol. The number of carbonyl (C=O) groups is 3. The fourth-order valence-corrected chi connectivity index (χ4v) is 1.50. The predicted octanol–water partition coefficient (Wildman–Crippen LogP) is 0.242. The summed E-state index contributed by atoms with van der Waals surface area (Å²) in [6, 6.07) is 5.54. The Morgan fingerprint density at radius 2 is 1.59 bits per heavy atom. The standard InChI is InChI=1S/C7H6O3.2C2H3O.Al/c8-6-4-2-1-3-5(6)7(9)10;2*1-2-3;/h1-4,8H,(H,9,10);2*1H3;/q;;;+1/p-1. The number of carboxylic acid groups (broad SMARTS) is 1. The third kappa shape index (κ3) is 7.28. The van der Waals surface area contributed by atoms with E-state index in [2.05, 4.69) is 0 Å². The van der Waals surface area contributed by atoms with Crippen LogP contribution in [0.1, 0.15) is 24.2 Å². The molecule has 1 N–H and O–H groups in total. The molecule has 0 radical (unpaired) electrons. The van der Waals surface area contributed by atoms with E-state index >= 15 is 0 Å². The number of hydrogen-bond acceptors (Lipinski definition) is 4. The first kappa shape index (κ1) is 15.4. The van der Waals surface area contributed by atoms with Crippen molar-refractivity contribution in [3.63, 3.8) is 0 Å².